The molecule has 1 rings (SSSR count). The van der Waals surface area contributed by atoms with Crippen molar-refractivity contribution in [3.05, 3.63) is 11.8 Å². The normalized spacial score (nSPS) is 18.6. The quantitative estimate of drug-likeness (QED) is 0.564. The highest BCUT2D eigenvalue weighted by Crippen LogP contribution is 2.33. The van der Waals surface area contributed by atoms with Crippen LogP contribution < -0.4 is 5.43 Å². The van der Waals surface area contributed by atoms with Gasteiger partial charge in [0.25, 0.3) is 0 Å². The van der Waals surface area contributed by atoms with Crippen LogP contribution in [0.15, 0.2) is 16.9 Å². The van der Waals surface area contributed by atoms with Crippen LogP contribution in [0.3, 0.4) is 0 Å². The summed E-state index contributed by atoms with van der Waals surface area (Å²) in [6.07, 6.45) is -2.92. The van der Waals surface area contributed by atoms with Crippen molar-refractivity contribution < 1.29 is 18.6 Å². The molecule has 0 aromatic rings. The summed E-state index contributed by atoms with van der Waals surface area (Å²) in [4.78, 5) is 0. The second kappa shape index (κ2) is 2.83. The third kappa shape index (κ3) is 2.09. The van der Waals surface area contributed by atoms with Gasteiger partial charge in [0.05, 0.1) is 0 Å². The predicted octanol–water partition coefficient (Wildman–Crippen LogP) is 1.41. The van der Waals surface area contributed by atoms with E-state index in [0.717, 1.165) is 0 Å². The first kappa shape index (κ1) is 10.2. The Morgan fingerprint density at radius 2 is 1.77 bits per heavy atom. The summed E-state index contributed by atoms with van der Waals surface area (Å²) < 4.78 is 37.0. The predicted molar refractivity (Wildman–Crippen MR) is 43.0 cm³/mol. The van der Waals surface area contributed by atoms with Gasteiger partial charge < -0.3 is 0 Å². The molecule has 0 saturated heterocycles. The Bertz CT molecular complexity index is 240. The molecule has 1 heterocycles. The molecule has 13 heavy (non-hydrogen) atoms. The van der Waals surface area contributed by atoms with Crippen LogP contribution in [0, 0.1) is 5.41 Å². The Morgan fingerprint density at radius 1 is 1.23 bits per heavy atom. The highest BCUT2D eigenvalue weighted by atomic mass is 19.4. The van der Waals surface area contributed by atoms with Gasteiger partial charge in [0.15, 0.2) is 0 Å². The van der Waals surface area contributed by atoms with Crippen LogP contribution in [0.5, 0.6) is 0 Å². The molecule has 0 aromatic heterocycles. The molecule has 0 fully saturated rings. The van der Waals surface area contributed by atoms with Gasteiger partial charge in [0, 0.05) is 5.57 Å². The van der Waals surface area contributed by atoms with Crippen LogP contribution in [0.25, 0.3) is 0 Å². The van der Waals surface area contributed by atoms with E-state index in [1.165, 1.54) is 11.6 Å². The molecular weight excluding hydrogens is 181 g/mol. The van der Waals surface area contributed by atoms with E-state index < -0.39 is 17.3 Å². The Hall–Kier alpha value is -0.840. The number of hydrogen-bond donors (Lipinski definition) is 1. The van der Waals surface area contributed by atoms with E-state index in [1.807, 2.05) is 0 Å². The van der Waals surface area contributed by atoms with Gasteiger partial charge in [-0.1, -0.05) is 25.9 Å². The molecule has 0 amide bonds. The van der Waals surface area contributed by atoms with Gasteiger partial charge in [0.2, 0.25) is 5.71 Å². The summed E-state index contributed by atoms with van der Waals surface area (Å²) in [5.41, 5.74) is 0.171. The number of nitrogens with zero attached hydrogens (tertiary/aromatic N) is 1. The van der Waals surface area contributed by atoms with E-state index in [-0.39, 0.29) is 5.57 Å². The van der Waals surface area contributed by atoms with Gasteiger partial charge in [-0.05, 0) is 5.41 Å². The van der Waals surface area contributed by atoms with E-state index in [2.05, 4.69) is 5.10 Å². The van der Waals surface area contributed by atoms with E-state index in [1.54, 1.807) is 20.8 Å². The van der Waals surface area contributed by atoms with Crippen LogP contribution >= 0.6 is 0 Å². The lowest BCUT2D eigenvalue weighted by molar-refractivity contribution is -0.591. The van der Waals surface area contributed by atoms with Gasteiger partial charge in [-0.2, -0.15) is 18.6 Å². The summed E-state index contributed by atoms with van der Waals surface area (Å²) in [7, 11) is 0. The lowest BCUT2D eigenvalue weighted by Gasteiger charge is -2.20. The molecule has 0 bridgehead atoms. The van der Waals surface area contributed by atoms with E-state index >= 15 is 0 Å². The van der Waals surface area contributed by atoms with Crippen LogP contribution in [0.2, 0.25) is 0 Å². The number of quaternary nitrogens is 1. The van der Waals surface area contributed by atoms with Gasteiger partial charge in [-0.3, -0.25) is 0 Å². The van der Waals surface area contributed by atoms with Gasteiger partial charge in [-0.15, -0.1) is 0 Å². The minimum absolute atomic E-state index is 0.250. The maximum absolute atomic E-state index is 12.3. The molecule has 2 N–H and O–H groups in total. The van der Waals surface area contributed by atoms with Crippen LogP contribution in [-0.2, 0) is 0 Å². The number of rotatable bonds is 0. The highest BCUT2D eigenvalue weighted by Gasteiger charge is 2.45. The molecule has 0 radical (unpaired) electrons. The second-order valence-electron chi connectivity index (χ2n) is 3.95. The number of allylic oxidation sites excluding steroid dienone is 1. The van der Waals surface area contributed by atoms with Crippen molar-refractivity contribution in [1.82, 2.24) is 0 Å². The van der Waals surface area contributed by atoms with Gasteiger partial charge in [0.1, 0.15) is 6.20 Å². The molecule has 74 valence electrons. The lowest BCUT2D eigenvalue weighted by Crippen LogP contribution is -2.69. The average molecular weight is 193 g/mol. The van der Waals surface area contributed by atoms with E-state index in [4.69, 9.17) is 0 Å². The molecule has 0 atom stereocenters. The third-order valence-electron chi connectivity index (χ3n) is 1.78. The lowest BCUT2D eigenvalue weighted by atomic mass is 9.84. The highest BCUT2D eigenvalue weighted by molar-refractivity contribution is 6.05. The molecular formula is C8H12F3N2+. The summed E-state index contributed by atoms with van der Waals surface area (Å²) in [5.74, 6) is 0. The smallest absolute Gasteiger partial charge is 0.193 e. The van der Waals surface area contributed by atoms with Crippen molar-refractivity contribution in [2.75, 3.05) is 0 Å². The molecule has 0 aromatic carbocycles. The van der Waals surface area contributed by atoms with Gasteiger partial charge >= 0.3 is 6.18 Å². The molecule has 1 aliphatic heterocycles. The number of halogens is 3. The first-order valence-corrected chi connectivity index (χ1v) is 3.92. The SMILES string of the molecule is CC(C)(C)C1=C[NH2+]N=C1C(F)(F)F. The number of alkyl halides is 3. The van der Waals surface area contributed by atoms with Crippen molar-refractivity contribution in [3.8, 4) is 0 Å². The summed E-state index contributed by atoms with van der Waals surface area (Å²) in [6.45, 7) is 5.21. The summed E-state index contributed by atoms with van der Waals surface area (Å²) in [6, 6.07) is 0. The van der Waals surface area contributed by atoms with Crippen LogP contribution in [-0.4, -0.2) is 11.9 Å². The monoisotopic (exact) mass is 193 g/mol. The molecule has 0 spiro atoms. The first-order chi connectivity index (χ1) is 5.73. The fourth-order valence-corrected chi connectivity index (χ4v) is 1.17. The zero-order chi connectivity index (χ0) is 10.3. The minimum atomic E-state index is -4.34. The minimum Gasteiger partial charge on any atom is -0.193 e. The molecule has 2 nitrogen and oxygen atoms in total. The van der Waals surface area contributed by atoms with Crippen LogP contribution in [0.1, 0.15) is 20.8 Å². The fourth-order valence-electron chi connectivity index (χ4n) is 1.17. The fraction of sp³-hybridized carbons (Fsp3) is 0.625. The molecule has 0 saturated carbocycles. The van der Waals surface area contributed by atoms with Crippen molar-refractivity contribution in [3.63, 3.8) is 0 Å². The maximum Gasteiger partial charge on any atom is 0.439 e. The van der Waals surface area contributed by atoms with Crippen molar-refractivity contribution in [1.29, 1.82) is 0 Å². The zero-order valence-corrected chi connectivity index (χ0v) is 7.74. The summed E-state index contributed by atoms with van der Waals surface area (Å²) >= 11 is 0. The Balaban J connectivity index is 2.99. The number of hydrogen-bond acceptors (Lipinski definition) is 1. The largest absolute Gasteiger partial charge is 0.439 e. The zero-order valence-electron chi connectivity index (χ0n) is 7.74. The summed E-state index contributed by atoms with van der Waals surface area (Å²) in [5, 5.41) is 3.33. The van der Waals surface area contributed by atoms with Crippen molar-refractivity contribution >= 4 is 5.71 Å². The topological polar surface area (TPSA) is 29.0 Å². The standard InChI is InChI=1S/C8H11F3N2/c1-7(2,3)5-4-12-13-6(5)8(9,10)11/h4H,1-3H3,(H,12,13)/p+1. The number of nitrogens with two attached hydrogens (primary N) is 1. The van der Waals surface area contributed by atoms with Crippen LogP contribution in [0.4, 0.5) is 13.2 Å². The van der Waals surface area contributed by atoms with Gasteiger partial charge in [-0.25, -0.2) is 0 Å². The first-order valence-electron chi connectivity index (χ1n) is 3.92. The molecule has 1 aliphatic rings. The molecule has 0 aliphatic carbocycles. The Labute approximate surface area is 74.5 Å². The molecule has 5 heteroatoms. The van der Waals surface area contributed by atoms with Crippen molar-refractivity contribution in [2.45, 2.75) is 26.9 Å². The second-order valence-corrected chi connectivity index (χ2v) is 3.95. The third-order valence-corrected chi connectivity index (χ3v) is 1.78. The van der Waals surface area contributed by atoms with E-state index in [0.29, 0.717) is 0 Å². The average Bonchev–Trinajstić information content (AvgIpc) is 2.27. The van der Waals surface area contributed by atoms with E-state index in [9.17, 15) is 13.2 Å². The Kier molecular flexibility index (Phi) is 2.23. The Morgan fingerprint density at radius 3 is 2.08 bits per heavy atom. The maximum atomic E-state index is 12.3. The van der Waals surface area contributed by atoms with Crippen molar-refractivity contribution in [2.24, 2.45) is 10.5 Å². The molecule has 0 unspecified atom stereocenters.